The number of carbonyl (C=O) groups is 2. The summed E-state index contributed by atoms with van der Waals surface area (Å²) < 4.78 is 19.5. The number of nitrogens with one attached hydrogen (secondary N) is 1. The third kappa shape index (κ3) is 5.89. The molecule has 1 fully saturated rings. The van der Waals surface area contributed by atoms with Crippen molar-refractivity contribution in [2.45, 2.75) is 26.0 Å². The van der Waals surface area contributed by atoms with Crippen LogP contribution < -0.4 is 14.7 Å². The van der Waals surface area contributed by atoms with Gasteiger partial charge in [-0.15, -0.1) is 0 Å². The van der Waals surface area contributed by atoms with Gasteiger partial charge in [0.1, 0.15) is 18.2 Å². The van der Waals surface area contributed by atoms with E-state index in [9.17, 15) is 19.1 Å². The van der Waals surface area contributed by atoms with Gasteiger partial charge >= 0.3 is 0 Å². The Balaban J connectivity index is 1.68. The smallest absolute Gasteiger partial charge is 0.295 e. The number of Topliss-reactive ketones (excluding diaryl/α,β-unsaturated/α-hetero) is 1. The fourth-order valence-corrected chi connectivity index (χ4v) is 4.56. The van der Waals surface area contributed by atoms with E-state index in [1.807, 2.05) is 44.4 Å². The van der Waals surface area contributed by atoms with Gasteiger partial charge in [-0.1, -0.05) is 54.3 Å². The average Bonchev–Trinajstić information content (AvgIpc) is 3.13. The zero-order valence-electron chi connectivity index (χ0n) is 21.3. The van der Waals surface area contributed by atoms with Crippen molar-refractivity contribution in [3.05, 3.63) is 106 Å². The lowest BCUT2D eigenvalue weighted by molar-refractivity contribution is -0.858. The lowest BCUT2D eigenvalue weighted by Crippen LogP contribution is -3.05. The highest BCUT2D eigenvalue weighted by atomic mass is 19.1. The fourth-order valence-electron chi connectivity index (χ4n) is 4.56. The normalized spacial score (nSPS) is 17.0. The summed E-state index contributed by atoms with van der Waals surface area (Å²) in [5, 5.41) is 13.7. The number of hydrogen-bond donors (Lipinski definition) is 1. The first-order chi connectivity index (χ1) is 17.8. The Morgan fingerprint density at radius 1 is 1.03 bits per heavy atom. The second kappa shape index (κ2) is 11.4. The number of rotatable bonds is 9. The van der Waals surface area contributed by atoms with Gasteiger partial charge in [-0.25, -0.2) is 4.39 Å². The molecule has 1 amide bonds. The van der Waals surface area contributed by atoms with Gasteiger partial charge < -0.3 is 19.6 Å². The number of amides is 1. The van der Waals surface area contributed by atoms with Gasteiger partial charge in [0, 0.05) is 18.5 Å². The van der Waals surface area contributed by atoms with E-state index < -0.39 is 29.3 Å². The zero-order chi connectivity index (χ0) is 26.5. The van der Waals surface area contributed by atoms with E-state index in [1.54, 1.807) is 25.1 Å². The van der Waals surface area contributed by atoms with Gasteiger partial charge in [0.05, 0.1) is 26.7 Å². The molecule has 3 aromatic carbocycles. The second-order valence-corrected chi connectivity index (χ2v) is 9.59. The number of aryl methyl sites for hydroxylation is 1. The largest absolute Gasteiger partial charge is 0.872 e. The van der Waals surface area contributed by atoms with Crippen molar-refractivity contribution in [3.8, 4) is 5.75 Å². The van der Waals surface area contributed by atoms with Crippen LogP contribution in [0.4, 0.5) is 4.39 Å². The first-order valence-corrected chi connectivity index (χ1v) is 12.3. The summed E-state index contributed by atoms with van der Waals surface area (Å²) in [6.45, 7) is 3.27. The lowest BCUT2D eigenvalue weighted by atomic mass is 9.94. The van der Waals surface area contributed by atoms with E-state index in [1.165, 1.54) is 34.1 Å². The summed E-state index contributed by atoms with van der Waals surface area (Å²) in [6, 6.07) is 19.5. The molecule has 0 spiro atoms. The van der Waals surface area contributed by atoms with Crippen molar-refractivity contribution in [2.75, 3.05) is 27.2 Å². The second-order valence-electron chi connectivity index (χ2n) is 9.59. The molecule has 7 heteroatoms. The molecule has 1 heterocycles. The third-order valence-electron chi connectivity index (χ3n) is 6.48. The number of benzene rings is 3. The number of ether oxygens (including phenoxy) is 1. The van der Waals surface area contributed by atoms with Crippen LogP contribution in [0.15, 0.2) is 78.4 Å². The molecule has 0 radical (unpaired) electrons. The van der Waals surface area contributed by atoms with Crippen molar-refractivity contribution in [1.82, 2.24) is 4.90 Å². The predicted molar refractivity (Wildman–Crippen MR) is 137 cm³/mol. The fraction of sp³-hybridized carbons (Fsp3) is 0.267. The number of halogens is 1. The van der Waals surface area contributed by atoms with Crippen molar-refractivity contribution in [2.24, 2.45) is 0 Å². The number of hydrogen-bond acceptors (Lipinski definition) is 4. The van der Waals surface area contributed by atoms with Gasteiger partial charge in [-0.3, -0.25) is 9.59 Å². The van der Waals surface area contributed by atoms with Gasteiger partial charge in [0.25, 0.3) is 5.91 Å². The monoisotopic (exact) mass is 502 g/mol. The Hall–Kier alpha value is -3.97. The van der Waals surface area contributed by atoms with E-state index in [-0.39, 0.29) is 5.57 Å². The molecule has 1 aliphatic rings. The first-order valence-electron chi connectivity index (χ1n) is 12.3. The van der Waals surface area contributed by atoms with Gasteiger partial charge in [0.2, 0.25) is 5.78 Å². The van der Waals surface area contributed by atoms with E-state index in [2.05, 4.69) is 0 Å². The molecule has 1 saturated heterocycles. The highest BCUT2D eigenvalue weighted by molar-refractivity contribution is 6.46. The van der Waals surface area contributed by atoms with Crippen LogP contribution in [0, 0.1) is 12.7 Å². The maximum absolute atomic E-state index is 13.7. The number of likely N-dealkylation sites (tertiary alicyclic amines) is 1. The predicted octanol–water partition coefficient (Wildman–Crippen LogP) is 2.47. The third-order valence-corrected chi connectivity index (χ3v) is 6.48. The minimum Gasteiger partial charge on any atom is -0.872 e. The molecule has 3 aromatic rings. The molecule has 4 rings (SSSR count). The molecule has 1 N–H and O–H groups in total. The molecular formula is C30H31FN2O4. The summed E-state index contributed by atoms with van der Waals surface area (Å²) in [6.07, 6.45) is 0.660. The topological polar surface area (TPSA) is 74.1 Å². The quantitative estimate of drug-likeness (QED) is 0.277. The number of quaternary nitrogens is 1. The maximum Gasteiger partial charge on any atom is 0.295 e. The van der Waals surface area contributed by atoms with Crippen LogP contribution >= 0.6 is 0 Å². The molecule has 0 bridgehead atoms. The van der Waals surface area contributed by atoms with Crippen molar-refractivity contribution in [1.29, 1.82) is 0 Å². The number of carbonyl (C=O) groups excluding carboxylic acids is 2. The first kappa shape index (κ1) is 26.1. The Labute approximate surface area is 216 Å². The number of ketones is 1. The van der Waals surface area contributed by atoms with E-state index in [4.69, 9.17) is 4.74 Å². The average molecular weight is 503 g/mol. The molecule has 0 aliphatic carbocycles. The Kier molecular flexibility index (Phi) is 8.04. The Morgan fingerprint density at radius 3 is 2.38 bits per heavy atom. The van der Waals surface area contributed by atoms with E-state index in [0.717, 1.165) is 12.1 Å². The highest BCUT2D eigenvalue weighted by Crippen LogP contribution is 2.39. The molecule has 37 heavy (non-hydrogen) atoms. The van der Waals surface area contributed by atoms with Crippen LogP contribution in [-0.4, -0.2) is 43.8 Å². The van der Waals surface area contributed by atoms with Crippen molar-refractivity contribution < 1.29 is 28.7 Å². The van der Waals surface area contributed by atoms with Gasteiger partial charge in [-0.05, 0) is 53.4 Å². The molecule has 0 saturated carbocycles. The number of nitrogens with zero attached hydrogens (tertiary/aromatic N) is 1. The summed E-state index contributed by atoms with van der Waals surface area (Å²) in [5.74, 6) is -1.84. The molecule has 192 valence electrons. The molecule has 1 atom stereocenters. The van der Waals surface area contributed by atoms with Crippen LogP contribution in [0.25, 0.3) is 5.76 Å². The summed E-state index contributed by atoms with van der Waals surface area (Å²) >= 11 is 0. The van der Waals surface area contributed by atoms with Gasteiger partial charge in [0.15, 0.2) is 0 Å². The molecule has 6 nitrogen and oxygen atoms in total. The molecule has 0 aromatic heterocycles. The lowest BCUT2D eigenvalue weighted by Gasteiger charge is -2.28. The SMILES string of the molecule is Cc1cc(OCc2ccccc2)ccc1/C([O-])=C1\C(=O)C(=O)N(CCC[NH+](C)C)C1c1ccc(F)cc1. The zero-order valence-corrected chi connectivity index (χ0v) is 21.3. The van der Waals surface area contributed by atoms with Crippen LogP contribution in [0.1, 0.15) is 34.7 Å². The molecule has 1 unspecified atom stereocenters. The van der Waals surface area contributed by atoms with Crippen LogP contribution in [0.3, 0.4) is 0 Å². The van der Waals surface area contributed by atoms with Crippen LogP contribution in [0.5, 0.6) is 5.75 Å². The Morgan fingerprint density at radius 2 is 1.73 bits per heavy atom. The molecule has 1 aliphatic heterocycles. The standard InChI is InChI=1S/C30H31FN2O4/c1-20-18-24(37-19-21-8-5-4-6-9-21)14-15-25(20)28(34)26-27(22-10-12-23(31)13-11-22)33(30(36)29(26)35)17-7-16-32(2)3/h4-6,8-15,18,27,34H,7,16-17,19H2,1-3H3/b28-26+. The minimum absolute atomic E-state index is 0.102. The van der Waals surface area contributed by atoms with E-state index >= 15 is 0 Å². The van der Waals surface area contributed by atoms with Crippen molar-refractivity contribution >= 4 is 17.4 Å². The Bertz CT molecular complexity index is 1300. The summed E-state index contributed by atoms with van der Waals surface area (Å²) in [5.41, 5.74) is 2.41. The maximum atomic E-state index is 13.7. The van der Waals surface area contributed by atoms with Crippen LogP contribution in [-0.2, 0) is 16.2 Å². The van der Waals surface area contributed by atoms with E-state index in [0.29, 0.717) is 42.0 Å². The van der Waals surface area contributed by atoms with Crippen LogP contribution in [0.2, 0.25) is 0 Å². The van der Waals surface area contributed by atoms with Gasteiger partial charge in [-0.2, -0.15) is 0 Å². The van der Waals surface area contributed by atoms with Crippen molar-refractivity contribution in [3.63, 3.8) is 0 Å². The highest BCUT2D eigenvalue weighted by Gasteiger charge is 2.44. The summed E-state index contributed by atoms with van der Waals surface area (Å²) in [7, 11) is 4.01. The minimum atomic E-state index is -0.862. The molecular weight excluding hydrogens is 471 g/mol. The summed E-state index contributed by atoms with van der Waals surface area (Å²) in [4.78, 5) is 28.9.